The van der Waals surface area contributed by atoms with E-state index in [1.54, 1.807) is 30.6 Å². The highest BCUT2D eigenvalue weighted by atomic mass is 16.5. The molecule has 29 heavy (non-hydrogen) atoms. The summed E-state index contributed by atoms with van der Waals surface area (Å²) in [4.78, 5) is 28.4. The van der Waals surface area contributed by atoms with Crippen LogP contribution < -0.4 is 10.6 Å². The molecule has 0 radical (unpaired) electrons. The van der Waals surface area contributed by atoms with Crippen molar-refractivity contribution in [3.63, 3.8) is 0 Å². The van der Waals surface area contributed by atoms with Gasteiger partial charge >= 0.3 is 0 Å². The Balaban J connectivity index is 1.29. The number of nitrogens with one attached hydrogen (secondary N) is 2. The summed E-state index contributed by atoms with van der Waals surface area (Å²) >= 11 is 0. The Bertz CT molecular complexity index is 1000. The fraction of sp³-hybridized carbons (Fsp3) is 0.238. The first-order valence-electron chi connectivity index (χ1n) is 9.40. The van der Waals surface area contributed by atoms with Crippen LogP contribution in [-0.4, -0.2) is 39.7 Å². The van der Waals surface area contributed by atoms with Gasteiger partial charge in [0.2, 0.25) is 5.91 Å². The fourth-order valence-corrected chi connectivity index (χ4v) is 3.26. The van der Waals surface area contributed by atoms with Crippen LogP contribution in [0.15, 0.2) is 61.1 Å². The monoisotopic (exact) mass is 391 g/mol. The van der Waals surface area contributed by atoms with Gasteiger partial charge in [0.05, 0.1) is 18.5 Å². The molecule has 1 aliphatic rings. The Morgan fingerprint density at radius 2 is 2.03 bits per heavy atom. The number of rotatable bonds is 6. The first kappa shape index (κ1) is 18.8. The van der Waals surface area contributed by atoms with Crippen molar-refractivity contribution in [2.45, 2.75) is 19.1 Å². The molecule has 0 fully saturated rings. The highest BCUT2D eigenvalue weighted by Crippen LogP contribution is 2.26. The van der Waals surface area contributed by atoms with Gasteiger partial charge in [-0.2, -0.15) is 5.10 Å². The van der Waals surface area contributed by atoms with Crippen LogP contribution in [0, 0.1) is 0 Å². The Morgan fingerprint density at radius 3 is 2.90 bits per heavy atom. The van der Waals surface area contributed by atoms with E-state index in [1.165, 1.54) is 16.4 Å². The molecule has 1 aliphatic heterocycles. The summed E-state index contributed by atoms with van der Waals surface area (Å²) in [5, 5.41) is 9.73. The lowest BCUT2D eigenvalue weighted by molar-refractivity contribution is -0.122. The van der Waals surface area contributed by atoms with Crippen LogP contribution in [0.4, 0.5) is 5.69 Å². The SMILES string of the molecule is O=C(Cn1cc(NC(=O)c2ccccn2)cn1)NCC1OCCc2ccccc21. The van der Waals surface area contributed by atoms with Crippen LogP contribution in [-0.2, 0) is 22.5 Å². The minimum absolute atomic E-state index is 0.0494. The van der Waals surface area contributed by atoms with Crippen molar-refractivity contribution in [1.29, 1.82) is 0 Å². The van der Waals surface area contributed by atoms with Crippen molar-refractivity contribution < 1.29 is 14.3 Å². The van der Waals surface area contributed by atoms with E-state index < -0.39 is 0 Å². The number of aromatic nitrogens is 3. The smallest absolute Gasteiger partial charge is 0.274 e. The summed E-state index contributed by atoms with van der Waals surface area (Å²) in [6.07, 6.45) is 5.40. The van der Waals surface area contributed by atoms with Crippen molar-refractivity contribution in [2.24, 2.45) is 0 Å². The second-order valence-corrected chi connectivity index (χ2v) is 6.71. The average molecular weight is 391 g/mol. The van der Waals surface area contributed by atoms with Gasteiger partial charge < -0.3 is 15.4 Å². The fourth-order valence-electron chi connectivity index (χ4n) is 3.26. The lowest BCUT2D eigenvalue weighted by Crippen LogP contribution is -2.34. The maximum atomic E-state index is 12.3. The van der Waals surface area contributed by atoms with Gasteiger partial charge in [0.1, 0.15) is 18.3 Å². The molecular formula is C21H21N5O3. The minimum Gasteiger partial charge on any atom is -0.371 e. The zero-order valence-corrected chi connectivity index (χ0v) is 15.7. The molecule has 4 rings (SSSR count). The molecule has 0 saturated carbocycles. The van der Waals surface area contributed by atoms with E-state index in [0.717, 1.165) is 12.0 Å². The molecule has 3 aromatic rings. The Kier molecular flexibility index (Phi) is 5.62. The van der Waals surface area contributed by atoms with Gasteiger partial charge in [-0.3, -0.25) is 19.3 Å². The van der Waals surface area contributed by atoms with Crippen molar-refractivity contribution in [2.75, 3.05) is 18.5 Å². The zero-order chi connectivity index (χ0) is 20.1. The normalized spacial score (nSPS) is 15.4. The zero-order valence-electron chi connectivity index (χ0n) is 15.7. The van der Waals surface area contributed by atoms with Crippen LogP contribution in [0.1, 0.15) is 27.7 Å². The summed E-state index contributed by atoms with van der Waals surface area (Å²) in [6.45, 7) is 1.10. The molecule has 1 atom stereocenters. The molecule has 0 spiro atoms. The lowest BCUT2D eigenvalue weighted by Gasteiger charge is -2.26. The van der Waals surface area contributed by atoms with E-state index >= 15 is 0 Å². The van der Waals surface area contributed by atoms with Crippen LogP contribution in [0.25, 0.3) is 0 Å². The summed E-state index contributed by atoms with van der Waals surface area (Å²) in [7, 11) is 0. The number of carbonyl (C=O) groups is 2. The Hall–Kier alpha value is -3.52. The molecule has 8 heteroatoms. The highest BCUT2D eigenvalue weighted by molar-refractivity contribution is 6.02. The molecule has 1 unspecified atom stereocenters. The van der Waals surface area contributed by atoms with E-state index in [0.29, 0.717) is 24.5 Å². The molecule has 148 valence electrons. The Labute approximate surface area is 167 Å². The molecule has 0 bridgehead atoms. The number of ether oxygens (including phenoxy) is 1. The van der Waals surface area contributed by atoms with Gasteiger partial charge in [0.15, 0.2) is 0 Å². The van der Waals surface area contributed by atoms with E-state index in [4.69, 9.17) is 4.74 Å². The number of carbonyl (C=O) groups excluding carboxylic acids is 2. The van der Waals surface area contributed by atoms with Crippen molar-refractivity contribution in [3.05, 3.63) is 77.9 Å². The number of anilines is 1. The van der Waals surface area contributed by atoms with Crippen molar-refractivity contribution in [3.8, 4) is 0 Å². The quantitative estimate of drug-likeness (QED) is 0.669. The Morgan fingerprint density at radius 1 is 1.17 bits per heavy atom. The van der Waals surface area contributed by atoms with Gasteiger partial charge in [-0.15, -0.1) is 0 Å². The van der Waals surface area contributed by atoms with Crippen LogP contribution >= 0.6 is 0 Å². The highest BCUT2D eigenvalue weighted by Gasteiger charge is 2.21. The molecule has 8 nitrogen and oxygen atoms in total. The maximum Gasteiger partial charge on any atom is 0.274 e. The molecule has 2 N–H and O–H groups in total. The van der Waals surface area contributed by atoms with E-state index in [2.05, 4.69) is 26.8 Å². The number of hydrogen-bond acceptors (Lipinski definition) is 5. The van der Waals surface area contributed by atoms with Crippen LogP contribution in [0.3, 0.4) is 0 Å². The number of fused-ring (bicyclic) bond motifs is 1. The maximum absolute atomic E-state index is 12.3. The van der Waals surface area contributed by atoms with E-state index in [-0.39, 0.29) is 24.5 Å². The summed E-state index contributed by atoms with van der Waals surface area (Å²) in [6, 6.07) is 13.2. The van der Waals surface area contributed by atoms with Crippen molar-refractivity contribution in [1.82, 2.24) is 20.1 Å². The van der Waals surface area contributed by atoms with E-state index in [1.807, 2.05) is 18.2 Å². The standard InChI is InChI=1S/C21H21N5O3/c27-20(23-12-19-17-6-2-1-5-15(17)8-10-29-19)14-26-13-16(11-24-26)25-21(28)18-7-3-4-9-22-18/h1-7,9,11,13,19H,8,10,12,14H2,(H,23,27)(H,25,28). The third kappa shape index (κ3) is 4.67. The van der Waals surface area contributed by atoms with Crippen molar-refractivity contribution >= 4 is 17.5 Å². The van der Waals surface area contributed by atoms with E-state index in [9.17, 15) is 9.59 Å². The second-order valence-electron chi connectivity index (χ2n) is 6.71. The number of nitrogens with zero attached hydrogens (tertiary/aromatic N) is 3. The first-order valence-corrected chi connectivity index (χ1v) is 9.40. The van der Waals surface area contributed by atoms with Gasteiger partial charge in [0.25, 0.3) is 5.91 Å². The third-order valence-electron chi connectivity index (χ3n) is 4.67. The first-order chi connectivity index (χ1) is 14.2. The molecular weight excluding hydrogens is 370 g/mol. The van der Waals surface area contributed by atoms with Gasteiger partial charge in [-0.25, -0.2) is 0 Å². The summed E-state index contributed by atoms with van der Waals surface area (Å²) in [5.41, 5.74) is 3.19. The molecule has 0 aliphatic carbocycles. The third-order valence-corrected chi connectivity index (χ3v) is 4.67. The summed E-state index contributed by atoms with van der Waals surface area (Å²) < 4.78 is 7.28. The number of hydrogen-bond donors (Lipinski definition) is 2. The summed E-state index contributed by atoms with van der Waals surface area (Å²) in [5.74, 6) is -0.509. The van der Waals surface area contributed by atoms with Crippen LogP contribution in [0.2, 0.25) is 0 Å². The second kappa shape index (κ2) is 8.66. The number of amides is 2. The van der Waals surface area contributed by atoms with Crippen LogP contribution in [0.5, 0.6) is 0 Å². The number of benzene rings is 1. The molecule has 0 saturated heterocycles. The predicted molar refractivity (Wildman–Crippen MR) is 106 cm³/mol. The van der Waals surface area contributed by atoms with Gasteiger partial charge in [0, 0.05) is 18.9 Å². The van der Waals surface area contributed by atoms with Gasteiger partial charge in [-0.05, 0) is 29.7 Å². The molecule has 2 aromatic heterocycles. The minimum atomic E-state index is -0.331. The van der Waals surface area contributed by atoms with Gasteiger partial charge in [-0.1, -0.05) is 30.3 Å². The largest absolute Gasteiger partial charge is 0.371 e. The molecule has 3 heterocycles. The topological polar surface area (TPSA) is 98.1 Å². The molecule has 1 aromatic carbocycles. The predicted octanol–water partition coefficient (Wildman–Crippen LogP) is 1.96. The average Bonchev–Trinajstić information content (AvgIpc) is 3.19. The number of pyridine rings is 1. The molecule has 2 amide bonds. The lowest BCUT2D eigenvalue weighted by atomic mass is 9.97.